The van der Waals surface area contributed by atoms with Crippen LogP contribution in [0.1, 0.15) is 5.56 Å². The molecule has 0 amide bonds. The van der Waals surface area contributed by atoms with Crippen LogP contribution in [-0.2, 0) is 4.74 Å². The largest absolute Gasteiger partial charge is 0.378 e. The molecule has 4 nitrogen and oxygen atoms in total. The van der Waals surface area contributed by atoms with Gasteiger partial charge in [-0.3, -0.25) is 5.41 Å². The fourth-order valence-corrected chi connectivity index (χ4v) is 2.65. The molecule has 2 N–H and O–H groups in total. The molecule has 3 rings (SSSR count). The summed E-state index contributed by atoms with van der Waals surface area (Å²) in [5.41, 5.74) is 3.12. The number of ether oxygens (including phenoxy) is 1. The summed E-state index contributed by atoms with van der Waals surface area (Å²) in [7, 11) is 0. The van der Waals surface area contributed by atoms with E-state index < -0.39 is 0 Å². The van der Waals surface area contributed by atoms with Crippen molar-refractivity contribution in [1.82, 2.24) is 0 Å². The predicted molar refractivity (Wildman–Crippen MR) is 101 cm³/mol. The van der Waals surface area contributed by atoms with Crippen molar-refractivity contribution in [2.24, 2.45) is 0 Å². The predicted octanol–water partition coefficient (Wildman–Crippen LogP) is 4.28. The molecule has 1 fully saturated rings. The number of hydrogen-bond donors (Lipinski definition) is 2. The second kappa shape index (κ2) is 7.99. The van der Waals surface area contributed by atoms with Gasteiger partial charge in [-0.1, -0.05) is 29.8 Å². The standard InChI is InChI=1S/C19H20ClN3O/c20-16-4-6-17(7-5-16)22-19(21)10-3-15-1-8-18(9-2-15)23-11-13-24-14-12-23/h1-10H,11-14H2,(H2,21,22)/b10-3+. The lowest BCUT2D eigenvalue weighted by Gasteiger charge is -2.28. The van der Waals surface area contributed by atoms with Gasteiger partial charge >= 0.3 is 0 Å². The minimum absolute atomic E-state index is 0.328. The number of amidine groups is 1. The fraction of sp³-hybridized carbons (Fsp3) is 0.211. The topological polar surface area (TPSA) is 48.4 Å². The highest BCUT2D eigenvalue weighted by Crippen LogP contribution is 2.17. The number of benzene rings is 2. The highest BCUT2D eigenvalue weighted by Gasteiger charge is 2.10. The van der Waals surface area contributed by atoms with Crippen molar-refractivity contribution < 1.29 is 4.74 Å². The Labute approximate surface area is 147 Å². The molecular formula is C19H20ClN3O. The summed E-state index contributed by atoms with van der Waals surface area (Å²) in [6.07, 6.45) is 3.67. The average molecular weight is 342 g/mol. The first-order valence-corrected chi connectivity index (χ1v) is 8.30. The first kappa shape index (κ1) is 16.6. The average Bonchev–Trinajstić information content (AvgIpc) is 2.63. The molecular weight excluding hydrogens is 322 g/mol. The van der Waals surface area contributed by atoms with Gasteiger partial charge < -0.3 is 15.0 Å². The molecule has 0 radical (unpaired) electrons. The molecule has 2 aromatic carbocycles. The molecule has 0 unspecified atom stereocenters. The number of anilines is 2. The molecule has 1 aliphatic rings. The zero-order valence-corrected chi connectivity index (χ0v) is 14.1. The van der Waals surface area contributed by atoms with E-state index in [0.29, 0.717) is 10.9 Å². The monoisotopic (exact) mass is 341 g/mol. The number of halogens is 1. The van der Waals surface area contributed by atoms with Crippen molar-refractivity contribution >= 4 is 34.9 Å². The van der Waals surface area contributed by atoms with Crippen LogP contribution in [0.3, 0.4) is 0 Å². The molecule has 124 valence electrons. The van der Waals surface area contributed by atoms with Gasteiger partial charge in [0.25, 0.3) is 0 Å². The van der Waals surface area contributed by atoms with E-state index in [0.717, 1.165) is 37.6 Å². The van der Waals surface area contributed by atoms with Gasteiger partial charge in [-0.25, -0.2) is 0 Å². The Balaban J connectivity index is 1.57. The van der Waals surface area contributed by atoms with E-state index in [9.17, 15) is 0 Å². The molecule has 0 spiro atoms. The Morgan fingerprint density at radius 3 is 2.38 bits per heavy atom. The molecule has 1 saturated heterocycles. The third kappa shape index (κ3) is 4.60. The summed E-state index contributed by atoms with van der Waals surface area (Å²) in [5.74, 6) is 0.328. The quantitative estimate of drug-likeness (QED) is 0.644. The molecule has 0 aromatic heterocycles. The number of rotatable bonds is 4. The van der Waals surface area contributed by atoms with Crippen molar-refractivity contribution in [3.63, 3.8) is 0 Å². The molecule has 24 heavy (non-hydrogen) atoms. The van der Waals surface area contributed by atoms with E-state index in [-0.39, 0.29) is 0 Å². The summed E-state index contributed by atoms with van der Waals surface area (Å²) in [5, 5.41) is 11.7. The van der Waals surface area contributed by atoms with Crippen LogP contribution in [0.2, 0.25) is 5.02 Å². The summed E-state index contributed by atoms with van der Waals surface area (Å²) < 4.78 is 5.37. The highest BCUT2D eigenvalue weighted by atomic mass is 35.5. The number of hydrogen-bond acceptors (Lipinski definition) is 3. The van der Waals surface area contributed by atoms with E-state index in [1.807, 2.05) is 18.2 Å². The smallest absolute Gasteiger partial charge is 0.122 e. The van der Waals surface area contributed by atoms with Gasteiger partial charge in [0.2, 0.25) is 0 Å². The van der Waals surface area contributed by atoms with E-state index >= 15 is 0 Å². The number of nitrogens with one attached hydrogen (secondary N) is 2. The van der Waals surface area contributed by atoms with Gasteiger partial charge in [-0.05, 0) is 48.0 Å². The maximum atomic E-state index is 7.98. The zero-order chi connectivity index (χ0) is 16.8. The van der Waals surface area contributed by atoms with E-state index in [1.54, 1.807) is 18.2 Å². The van der Waals surface area contributed by atoms with Crippen LogP contribution in [0.4, 0.5) is 11.4 Å². The first-order valence-electron chi connectivity index (χ1n) is 7.93. The fourth-order valence-electron chi connectivity index (χ4n) is 2.53. The summed E-state index contributed by atoms with van der Waals surface area (Å²) >= 11 is 5.85. The molecule has 2 aromatic rings. The van der Waals surface area contributed by atoms with Crippen LogP contribution in [-0.4, -0.2) is 32.1 Å². The molecule has 1 heterocycles. The second-order valence-corrected chi connectivity index (χ2v) is 6.01. The van der Waals surface area contributed by atoms with Crippen molar-refractivity contribution in [3.05, 3.63) is 65.2 Å². The van der Waals surface area contributed by atoms with E-state index in [2.05, 4.69) is 34.5 Å². The Morgan fingerprint density at radius 1 is 1.04 bits per heavy atom. The molecule has 1 aliphatic heterocycles. The highest BCUT2D eigenvalue weighted by molar-refractivity contribution is 6.30. The molecule has 0 atom stereocenters. The SMILES string of the molecule is N=C(/C=C/c1ccc(N2CCOCC2)cc1)Nc1ccc(Cl)cc1. The van der Waals surface area contributed by atoms with Crippen LogP contribution < -0.4 is 10.2 Å². The molecule has 0 saturated carbocycles. The Hall–Kier alpha value is -2.30. The van der Waals surface area contributed by atoms with Crippen molar-refractivity contribution in [3.8, 4) is 0 Å². The van der Waals surface area contributed by atoms with Gasteiger partial charge in [-0.2, -0.15) is 0 Å². The van der Waals surface area contributed by atoms with Gasteiger partial charge in [0.05, 0.1) is 13.2 Å². The lowest BCUT2D eigenvalue weighted by molar-refractivity contribution is 0.122. The van der Waals surface area contributed by atoms with Gasteiger partial charge in [0, 0.05) is 29.5 Å². The van der Waals surface area contributed by atoms with Gasteiger partial charge in [-0.15, -0.1) is 0 Å². The summed E-state index contributed by atoms with van der Waals surface area (Å²) in [6, 6.07) is 15.6. The Morgan fingerprint density at radius 2 is 1.71 bits per heavy atom. The van der Waals surface area contributed by atoms with Crippen LogP contribution >= 0.6 is 11.6 Å². The summed E-state index contributed by atoms with van der Waals surface area (Å²) in [4.78, 5) is 2.32. The third-order valence-electron chi connectivity index (χ3n) is 3.83. The maximum Gasteiger partial charge on any atom is 0.122 e. The van der Waals surface area contributed by atoms with Crippen LogP contribution in [0.25, 0.3) is 6.08 Å². The maximum absolute atomic E-state index is 7.98. The summed E-state index contributed by atoms with van der Waals surface area (Å²) in [6.45, 7) is 3.44. The third-order valence-corrected chi connectivity index (χ3v) is 4.09. The molecule has 0 bridgehead atoms. The number of nitrogens with zero attached hydrogens (tertiary/aromatic N) is 1. The Kier molecular flexibility index (Phi) is 5.51. The van der Waals surface area contributed by atoms with E-state index in [1.165, 1.54) is 5.69 Å². The minimum Gasteiger partial charge on any atom is -0.378 e. The van der Waals surface area contributed by atoms with Crippen molar-refractivity contribution in [2.45, 2.75) is 0 Å². The Bertz CT molecular complexity index is 704. The van der Waals surface area contributed by atoms with Crippen LogP contribution in [0.5, 0.6) is 0 Å². The minimum atomic E-state index is 0.328. The normalized spacial score (nSPS) is 14.8. The van der Waals surface area contributed by atoms with Crippen LogP contribution in [0, 0.1) is 5.41 Å². The van der Waals surface area contributed by atoms with E-state index in [4.69, 9.17) is 21.7 Å². The number of morpholine rings is 1. The van der Waals surface area contributed by atoms with Crippen molar-refractivity contribution in [1.29, 1.82) is 5.41 Å². The molecule has 5 heteroatoms. The zero-order valence-electron chi connectivity index (χ0n) is 13.3. The van der Waals surface area contributed by atoms with Crippen molar-refractivity contribution in [2.75, 3.05) is 36.5 Å². The second-order valence-electron chi connectivity index (χ2n) is 5.57. The lowest BCUT2D eigenvalue weighted by Crippen LogP contribution is -2.36. The van der Waals surface area contributed by atoms with Gasteiger partial charge in [0.15, 0.2) is 0 Å². The lowest BCUT2D eigenvalue weighted by atomic mass is 10.1. The molecule has 0 aliphatic carbocycles. The van der Waals surface area contributed by atoms with Gasteiger partial charge in [0.1, 0.15) is 5.84 Å². The first-order chi connectivity index (χ1) is 11.7. The van der Waals surface area contributed by atoms with Crippen LogP contribution in [0.15, 0.2) is 54.6 Å².